The second-order valence-corrected chi connectivity index (χ2v) is 8.93. The number of carbonyl (C=O) groups excluding carboxylic acids is 1. The van der Waals surface area contributed by atoms with E-state index in [1.807, 2.05) is 67.4 Å². The Kier molecular flexibility index (Phi) is 6.04. The van der Waals surface area contributed by atoms with Gasteiger partial charge in [-0.2, -0.15) is 10.2 Å². The number of rotatable bonds is 7. The van der Waals surface area contributed by atoms with E-state index in [-0.39, 0.29) is 12.5 Å². The highest BCUT2D eigenvalue weighted by Crippen LogP contribution is 2.31. The molecule has 0 aliphatic heterocycles. The summed E-state index contributed by atoms with van der Waals surface area (Å²) < 4.78 is 8.83. The number of aryl methyl sites for hydroxylation is 2. The molecule has 0 spiro atoms. The number of nitrogens with zero attached hydrogens (tertiary/aromatic N) is 6. The number of carbonyl (C=O) groups is 1. The molecule has 0 saturated carbocycles. The van der Waals surface area contributed by atoms with Gasteiger partial charge in [0.25, 0.3) is 0 Å². The molecule has 10 heteroatoms. The van der Waals surface area contributed by atoms with Gasteiger partial charge < -0.3 is 10.1 Å². The molecule has 0 bridgehead atoms. The van der Waals surface area contributed by atoms with E-state index < -0.39 is 0 Å². The summed E-state index contributed by atoms with van der Waals surface area (Å²) in [4.78, 5) is 22.0. The summed E-state index contributed by atoms with van der Waals surface area (Å²) in [6, 6.07) is 9.81. The summed E-state index contributed by atoms with van der Waals surface area (Å²) >= 11 is 1.38. The van der Waals surface area contributed by atoms with Crippen LogP contribution < -0.4 is 10.1 Å². The highest BCUT2D eigenvalue weighted by molar-refractivity contribution is 7.14. The lowest BCUT2D eigenvalue weighted by atomic mass is 10.0. The molecule has 5 rings (SSSR count). The van der Waals surface area contributed by atoms with Crippen molar-refractivity contribution in [1.82, 2.24) is 29.5 Å². The predicted octanol–water partition coefficient (Wildman–Crippen LogP) is 4.70. The number of benzene rings is 1. The van der Waals surface area contributed by atoms with Gasteiger partial charge in [-0.3, -0.25) is 9.48 Å². The first-order valence-corrected chi connectivity index (χ1v) is 12.1. The third kappa shape index (κ3) is 4.28. The third-order valence-electron chi connectivity index (χ3n) is 5.93. The zero-order valence-electron chi connectivity index (χ0n) is 19.9. The summed E-state index contributed by atoms with van der Waals surface area (Å²) in [5, 5.41) is 15.3. The number of pyridine rings is 1. The molecule has 1 aromatic carbocycles. The molecule has 35 heavy (non-hydrogen) atoms. The van der Waals surface area contributed by atoms with E-state index in [4.69, 9.17) is 4.74 Å². The molecular weight excluding hydrogens is 462 g/mol. The third-order valence-corrected chi connectivity index (χ3v) is 6.69. The maximum absolute atomic E-state index is 12.9. The van der Waals surface area contributed by atoms with E-state index in [9.17, 15) is 4.79 Å². The van der Waals surface area contributed by atoms with Gasteiger partial charge in [-0.05, 0) is 50.1 Å². The van der Waals surface area contributed by atoms with E-state index in [0.29, 0.717) is 10.8 Å². The Balaban J connectivity index is 1.37. The summed E-state index contributed by atoms with van der Waals surface area (Å²) in [6.45, 7) is 6.82. The quantitative estimate of drug-likeness (QED) is 0.357. The number of amides is 1. The summed E-state index contributed by atoms with van der Waals surface area (Å²) in [6.07, 6.45) is 3.55. The second-order valence-electron chi connectivity index (χ2n) is 8.07. The van der Waals surface area contributed by atoms with Crippen molar-refractivity contribution in [1.29, 1.82) is 0 Å². The van der Waals surface area contributed by atoms with Gasteiger partial charge in [-0.1, -0.05) is 12.1 Å². The lowest BCUT2D eigenvalue weighted by Gasteiger charge is -2.06. The number of anilines is 1. The Morgan fingerprint density at radius 3 is 2.63 bits per heavy atom. The predicted molar refractivity (Wildman–Crippen MR) is 137 cm³/mol. The molecule has 1 amide bonds. The lowest BCUT2D eigenvalue weighted by molar-refractivity contribution is -0.116. The maximum atomic E-state index is 12.9. The number of hydrogen-bond donors (Lipinski definition) is 1. The number of ether oxygens (including phenoxy) is 1. The van der Waals surface area contributed by atoms with Crippen LogP contribution in [0.15, 0.2) is 48.1 Å². The normalized spacial score (nSPS) is 11.2. The van der Waals surface area contributed by atoms with Crippen LogP contribution in [0.4, 0.5) is 5.13 Å². The maximum Gasteiger partial charge on any atom is 0.247 e. The van der Waals surface area contributed by atoms with Crippen molar-refractivity contribution in [2.75, 3.05) is 12.4 Å². The molecule has 0 atom stereocenters. The number of aromatic nitrogens is 6. The lowest BCUT2D eigenvalue weighted by Crippen LogP contribution is -2.19. The molecule has 9 nitrogen and oxygen atoms in total. The molecule has 0 radical (unpaired) electrons. The van der Waals surface area contributed by atoms with Gasteiger partial charge in [0.1, 0.15) is 12.3 Å². The Labute approximate surface area is 206 Å². The van der Waals surface area contributed by atoms with Crippen LogP contribution in [0, 0.1) is 13.8 Å². The van der Waals surface area contributed by atoms with E-state index in [1.54, 1.807) is 18.0 Å². The molecule has 0 aliphatic carbocycles. The number of hydrogen-bond acceptors (Lipinski definition) is 7. The van der Waals surface area contributed by atoms with Crippen molar-refractivity contribution in [2.45, 2.75) is 33.9 Å². The first-order chi connectivity index (χ1) is 17.0. The minimum Gasteiger partial charge on any atom is -0.497 e. The largest absolute Gasteiger partial charge is 0.497 e. The van der Waals surface area contributed by atoms with Gasteiger partial charge in [-0.25, -0.2) is 14.6 Å². The standard InChI is InChI=1S/C25H25N7O2S/c1-5-31-16(3)20(12-27-31)21-14-35-25(28-21)29-22(33)13-32-24-23(15(2)30-32)19(10-11-26-24)17-6-8-18(34-4)9-7-17/h6-12,14H,5,13H2,1-4H3,(H,28,29,33). The van der Waals surface area contributed by atoms with Crippen molar-refractivity contribution in [3.05, 3.63) is 59.5 Å². The first kappa shape index (κ1) is 22.7. The Bertz CT molecular complexity index is 1510. The average Bonchev–Trinajstić information content (AvgIpc) is 3.56. The molecule has 1 N–H and O–H groups in total. The summed E-state index contributed by atoms with van der Waals surface area (Å²) in [5.41, 5.74) is 6.32. The molecule has 178 valence electrons. The molecule has 4 aromatic heterocycles. The van der Waals surface area contributed by atoms with Crippen LogP contribution in [0.1, 0.15) is 18.3 Å². The van der Waals surface area contributed by atoms with Gasteiger partial charge >= 0.3 is 0 Å². The smallest absolute Gasteiger partial charge is 0.247 e. The highest BCUT2D eigenvalue weighted by atomic mass is 32.1. The topological polar surface area (TPSA) is 99.8 Å². The van der Waals surface area contributed by atoms with Gasteiger partial charge in [0.05, 0.1) is 24.7 Å². The van der Waals surface area contributed by atoms with E-state index in [0.717, 1.165) is 51.5 Å². The molecular formula is C25H25N7O2S. The summed E-state index contributed by atoms with van der Waals surface area (Å²) in [7, 11) is 1.65. The van der Waals surface area contributed by atoms with Crippen LogP contribution in [0.25, 0.3) is 33.4 Å². The Morgan fingerprint density at radius 2 is 1.91 bits per heavy atom. The second kappa shape index (κ2) is 9.30. The minimum atomic E-state index is -0.215. The Hall–Kier alpha value is -4.05. The Morgan fingerprint density at radius 1 is 1.11 bits per heavy atom. The van der Waals surface area contributed by atoms with Gasteiger partial charge in [-0.15, -0.1) is 11.3 Å². The number of methoxy groups -OCH3 is 1. The number of nitrogens with one attached hydrogen (secondary N) is 1. The van der Waals surface area contributed by atoms with Crippen molar-refractivity contribution in [3.8, 4) is 28.1 Å². The van der Waals surface area contributed by atoms with E-state index >= 15 is 0 Å². The highest BCUT2D eigenvalue weighted by Gasteiger charge is 2.17. The van der Waals surface area contributed by atoms with Crippen molar-refractivity contribution < 1.29 is 9.53 Å². The van der Waals surface area contributed by atoms with Gasteiger partial charge in [0.2, 0.25) is 5.91 Å². The molecule has 0 unspecified atom stereocenters. The minimum absolute atomic E-state index is 0.0329. The van der Waals surface area contributed by atoms with Crippen molar-refractivity contribution >= 4 is 33.4 Å². The van der Waals surface area contributed by atoms with Gasteiger partial charge in [0.15, 0.2) is 10.8 Å². The van der Waals surface area contributed by atoms with Crippen molar-refractivity contribution in [2.24, 2.45) is 0 Å². The van der Waals surface area contributed by atoms with E-state index in [2.05, 4.69) is 25.5 Å². The fraction of sp³-hybridized carbons (Fsp3) is 0.240. The van der Waals surface area contributed by atoms with Crippen LogP contribution in [-0.4, -0.2) is 42.5 Å². The number of thiazole rings is 1. The first-order valence-electron chi connectivity index (χ1n) is 11.2. The van der Waals surface area contributed by atoms with E-state index in [1.165, 1.54) is 11.3 Å². The van der Waals surface area contributed by atoms with Crippen LogP contribution in [0.3, 0.4) is 0 Å². The molecule has 0 fully saturated rings. The molecule has 0 aliphatic rings. The summed E-state index contributed by atoms with van der Waals surface area (Å²) in [5.74, 6) is 0.579. The van der Waals surface area contributed by atoms with Crippen LogP contribution in [-0.2, 0) is 17.9 Å². The SMILES string of the molecule is CCn1ncc(-c2csc(NC(=O)Cn3nc(C)c4c(-c5ccc(OC)cc5)ccnc43)n2)c1C. The van der Waals surface area contributed by atoms with Crippen molar-refractivity contribution in [3.63, 3.8) is 0 Å². The molecule has 0 saturated heterocycles. The fourth-order valence-electron chi connectivity index (χ4n) is 4.17. The fourth-order valence-corrected chi connectivity index (χ4v) is 4.90. The van der Waals surface area contributed by atoms with Gasteiger partial charge in [0, 0.05) is 34.8 Å². The molecule has 5 aromatic rings. The average molecular weight is 488 g/mol. The monoisotopic (exact) mass is 487 g/mol. The zero-order chi connectivity index (χ0) is 24.5. The number of fused-ring (bicyclic) bond motifs is 1. The van der Waals surface area contributed by atoms with Crippen LogP contribution in [0.2, 0.25) is 0 Å². The molecule has 4 heterocycles. The van der Waals surface area contributed by atoms with Crippen LogP contribution in [0.5, 0.6) is 5.75 Å². The van der Waals surface area contributed by atoms with Crippen LogP contribution >= 0.6 is 11.3 Å². The zero-order valence-corrected chi connectivity index (χ0v) is 20.8.